The van der Waals surface area contributed by atoms with Gasteiger partial charge in [0.05, 0.1) is 16.4 Å². The van der Waals surface area contributed by atoms with Gasteiger partial charge in [0.15, 0.2) is 5.78 Å². The molecule has 66 heavy (non-hydrogen) atoms. The molecule has 2 nitrogen and oxygen atoms in total. The highest BCUT2D eigenvalue weighted by atomic mass is 16.1. The summed E-state index contributed by atoms with van der Waals surface area (Å²) in [6.45, 7) is 0. The lowest BCUT2D eigenvalue weighted by Crippen LogP contribution is -2.29. The topological polar surface area (TPSA) is 22.0 Å². The number of hydrogen-bond acceptors (Lipinski definition) is 1. The molecule has 0 saturated heterocycles. The summed E-state index contributed by atoms with van der Waals surface area (Å²) in [5.74, 6) is 0.275. The molecule has 0 N–H and O–H groups in total. The van der Waals surface area contributed by atoms with Crippen LogP contribution in [0.2, 0.25) is 0 Å². The fourth-order valence-corrected chi connectivity index (χ4v) is 11.5. The second-order valence-corrected chi connectivity index (χ2v) is 17.9. The summed E-state index contributed by atoms with van der Waals surface area (Å²) in [5, 5.41) is 2.39. The lowest BCUT2D eigenvalue weighted by atomic mass is 9.65. The Hall–Kier alpha value is -8.33. The van der Waals surface area contributed by atoms with E-state index in [1.807, 2.05) is 36.4 Å². The fourth-order valence-electron chi connectivity index (χ4n) is 11.5. The van der Waals surface area contributed by atoms with Crippen molar-refractivity contribution >= 4 is 27.6 Å². The number of rotatable bonds is 7. The van der Waals surface area contributed by atoms with Crippen molar-refractivity contribution in [1.29, 1.82) is 0 Å². The summed E-state index contributed by atoms with van der Waals surface area (Å²) in [6, 6.07) is 87.5. The van der Waals surface area contributed by atoms with Crippen LogP contribution in [-0.4, -0.2) is 10.4 Å². The summed E-state index contributed by atoms with van der Waals surface area (Å²) in [7, 11) is 0. The Kier molecular flexibility index (Phi) is 8.76. The third-order valence-corrected chi connectivity index (χ3v) is 14.5. The van der Waals surface area contributed by atoms with Gasteiger partial charge in [0.2, 0.25) is 0 Å². The molecule has 1 aromatic heterocycles. The summed E-state index contributed by atoms with van der Waals surface area (Å²) in [4.78, 5) is 14.8. The monoisotopic (exact) mass is 841 g/mol. The first kappa shape index (κ1) is 38.2. The summed E-state index contributed by atoms with van der Waals surface area (Å²) >= 11 is 0. The highest BCUT2D eigenvalue weighted by molar-refractivity contribution is 6.11. The van der Waals surface area contributed by atoms with E-state index in [4.69, 9.17) is 0 Å². The Morgan fingerprint density at radius 3 is 1.85 bits per heavy atom. The third-order valence-electron chi connectivity index (χ3n) is 14.5. The number of carbonyl (C=O) groups excluding carboxylic acids is 1. The van der Waals surface area contributed by atoms with E-state index in [1.165, 1.54) is 66.4 Å². The van der Waals surface area contributed by atoms with Gasteiger partial charge in [-0.25, -0.2) is 0 Å². The Morgan fingerprint density at radius 2 is 1.03 bits per heavy atom. The van der Waals surface area contributed by atoms with Gasteiger partial charge in [0.1, 0.15) is 0 Å². The number of aromatic nitrogens is 1. The normalized spacial score (nSPS) is 15.8. The molecule has 0 spiro atoms. The minimum Gasteiger partial charge on any atom is -0.309 e. The number of benzene rings is 10. The third kappa shape index (κ3) is 5.78. The van der Waals surface area contributed by atoms with Gasteiger partial charge >= 0.3 is 0 Å². The molecule has 0 radical (unpaired) electrons. The lowest BCUT2D eigenvalue weighted by molar-refractivity contribution is 0.103. The van der Waals surface area contributed by atoms with Gasteiger partial charge in [-0.1, -0.05) is 200 Å². The van der Waals surface area contributed by atoms with Crippen LogP contribution in [0.3, 0.4) is 0 Å². The van der Waals surface area contributed by atoms with Crippen LogP contribution < -0.4 is 0 Å². The van der Waals surface area contributed by atoms with E-state index < -0.39 is 5.41 Å². The predicted octanol–water partition coefficient (Wildman–Crippen LogP) is 15.4. The van der Waals surface area contributed by atoms with Crippen LogP contribution in [0.4, 0.5) is 0 Å². The lowest BCUT2D eigenvalue weighted by Gasteiger charge is -2.36. The van der Waals surface area contributed by atoms with Gasteiger partial charge in [-0.2, -0.15) is 0 Å². The molecule has 310 valence electrons. The first-order valence-corrected chi connectivity index (χ1v) is 23.0. The van der Waals surface area contributed by atoms with E-state index in [-0.39, 0.29) is 11.7 Å². The van der Waals surface area contributed by atoms with Crippen LogP contribution in [0.5, 0.6) is 0 Å². The van der Waals surface area contributed by atoms with Crippen molar-refractivity contribution in [2.75, 3.05) is 0 Å². The Labute approximate surface area is 384 Å². The zero-order chi connectivity index (χ0) is 43.8. The minimum absolute atomic E-state index is 0.00923. The van der Waals surface area contributed by atoms with Gasteiger partial charge in [0, 0.05) is 33.5 Å². The molecule has 10 aromatic carbocycles. The van der Waals surface area contributed by atoms with Crippen molar-refractivity contribution < 1.29 is 4.79 Å². The van der Waals surface area contributed by atoms with E-state index in [1.54, 1.807) is 0 Å². The molecule has 0 amide bonds. The number of carbonyl (C=O) groups is 1. The van der Waals surface area contributed by atoms with Gasteiger partial charge < -0.3 is 4.57 Å². The second kappa shape index (κ2) is 15.1. The van der Waals surface area contributed by atoms with Crippen molar-refractivity contribution in [1.82, 2.24) is 4.57 Å². The van der Waals surface area contributed by atoms with Crippen LogP contribution in [0.15, 0.2) is 243 Å². The first-order valence-electron chi connectivity index (χ1n) is 23.0. The fraction of sp³-hybridized carbons (Fsp3) is 0.0469. The molecule has 2 atom stereocenters. The number of hydrogen-bond donors (Lipinski definition) is 0. The standard InChI is InChI=1S/C64H43NO/c66-63(45-30-28-43(29-31-45)42-16-4-1-5-17-42)47-33-36-54-53-24-12-14-26-59(53)64(60(54)39-47,49-35-37-62-58(41-49)55-25-13-15-27-61(55)65(62)50-20-8-3-9-21-50)48-34-32-46-38-56(44-18-6-2-7-19-44)51-22-10-11-23-52(51)57(46)40-48/h1-37,39-41,56H,38H2. The van der Waals surface area contributed by atoms with Crippen molar-refractivity contribution in [3.05, 3.63) is 293 Å². The maximum atomic E-state index is 14.8. The van der Waals surface area contributed by atoms with Gasteiger partial charge in [0.25, 0.3) is 0 Å². The quantitative estimate of drug-likeness (QED) is 0.147. The number of ketones is 1. The van der Waals surface area contributed by atoms with Crippen LogP contribution >= 0.6 is 0 Å². The average molecular weight is 842 g/mol. The van der Waals surface area contributed by atoms with E-state index in [0.29, 0.717) is 11.1 Å². The highest BCUT2D eigenvalue weighted by Gasteiger charge is 2.47. The maximum Gasteiger partial charge on any atom is 0.193 e. The molecule has 0 fully saturated rings. The Bertz CT molecular complexity index is 3680. The van der Waals surface area contributed by atoms with Crippen molar-refractivity contribution in [2.45, 2.75) is 17.8 Å². The molecular formula is C64H43NO. The highest BCUT2D eigenvalue weighted by Crippen LogP contribution is 2.58. The molecule has 0 saturated carbocycles. The zero-order valence-corrected chi connectivity index (χ0v) is 36.2. The largest absolute Gasteiger partial charge is 0.309 e. The van der Waals surface area contributed by atoms with Gasteiger partial charge in [-0.05, 0) is 121 Å². The maximum absolute atomic E-state index is 14.8. The van der Waals surface area contributed by atoms with Gasteiger partial charge in [-0.15, -0.1) is 0 Å². The SMILES string of the molecule is O=C(c1ccc(-c2ccccc2)cc1)c1ccc2c(c1)C(c1ccc3c(c1)-c1ccccc1C(c1ccccc1)C3)(c1ccc3c(c1)c1ccccc1n3-c1ccccc1)c1ccccc1-2. The molecule has 2 heteroatoms. The van der Waals surface area contributed by atoms with Crippen molar-refractivity contribution in [2.24, 2.45) is 0 Å². The van der Waals surface area contributed by atoms with Crippen molar-refractivity contribution in [3.63, 3.8) is 0 Å². The average Bonchev–Trinajstić information content (AvgIpc) is 3.89. The Balaban J connectivity index is 1.06. The van der Waals surface area contributed by atoms with E-state index in [2.05, 4.69) is 211 Å². The van der Waals surface area contributed by atoms with Crippen LogP contribution in [0.25, 0.3) is 60.9 Å². The summed E-state index contributed by atoms with van der Waals surface area (Å²) < 4.78 is 2.39. The molecule has 2 unspecified atom stereocenters. The zero-order valence-electron chi connectivity index (χ0n) is 36.2. The number of nitrogens with zero attached hydrogens (tertiary/aromatic N) is 1. The van der Waals surface area contributed by atoms with Crippen LogP contribution in [-0.2, 0) is 11.8 Å². The number of fused-ring (bicyclic) bond motifs is 9. The van der Waals surface area contributed by atoms with E-state index in [9.17, 15) is 4.79 Å². The molecule has 1 heterocycles. The molecule has 2 aliphatic rings. The first-order chi connectivity index (χ1) is 32.6. The number of para-hydroxylation sites is 2. The van der Waals surface area contributed by atoms with Crippen LogP contribution in [0, 0.1) is 0 Å². The molecule has 0 bridgehead atoms. The van der Waals surface area contributed by atoms with E-state index in [0.717, 1.165) is 39.9 Å². The molecule has 2 aliphatic carbocycles. The molecular weight excluding hydrogens is 799 g/mol. The summed E-state index contributed by atoms with van der Waals surface area (Å²) in [6.07, 6.45) is 0.920. The molecule has 0 aliphatic heterocycles. The predicted molar refractivity (Wildman–Crippen MR) is 271 cm³/mol. The summed E-state index contributed by atoms with van der Waals surface area (Å²) in [5.41, 5.74) is 19.9. The molecule has 13 rings (SSSR count). The van der Waals surface area contributed by atoms with Gasteiger partial charge in [-0.3, -0.25) is 4.79 Å². The van der Waals surface area contributed by atoms with Crippen LogP contribution in [0.1, 0.15) is 60.8 Å². The smallest absolute Gasteiger partial charge is 0.193 e. The van der Waals surface area contributed by atoms with Crippen molar-refractivity contribution in [3.8, 4) is 39.1 Å². The second-order valence-electron chi connectivity index (χ2n) is 17.9. The minimum atomic E-state index is -0.760. The molecule has 11 aromatic rings. The Morgan fingerprint density at radius 1 is 0.424 bits per heavy atom. The van der Waals surface area contributed by atoms with E-state index >= 15 is 0 Å².